The second-order valence-electron chi connectivity index (χ2n) is 3.28. The highest BCUT2D eigenvalue weighted by atomic mass is 35.5. The van der Waals surface area contributed by atoms with Crippen molar-refractivity contribution in [1.82, 2.24) is 4.57 Å². The molecule has 0 aliphatic heterocycles. The molecule has 1 aromatic heterocycles. The molecule has 5 heteroatoms. The molecule has 0 atom stereocenters. The molecule has 16 heavy (non-hydrogen) atoms. The molecule has 1 heterocycles. The summed E-state index contributed by atoms with van der Waals surface area (Å²) in [6, 6.07) is 8.11. The number of benzene rings is 1. The van der Waals surface area contributed by atoms with E-state index in [0.29, 0.717) is 10.7 Å². The number of halogens is 1. The Hall–Kier alpha value is -1.81. The van der Waals surface area contributed by atoms with Crippen LogP contribution in [0.15, 0.2) is 44.3 Å². The summed E-state index contributed by atoms with van der Waals surface area (Å²) in [6.07, 6.45) is 0. The van der Waals surface area contributed by atoms with Gasteiger partial charge in [-0.05, 0) is 17.7 Å². The first-order valence-corrected chi connectivity index (χ1v) is 4.93. The number of hydrogen-bond acceptors (Lipinski definition) is 3. The fraction of sp³-hybridized carbons (Fsp3) is 0.0909. The number of nitrogens with zero attached hydrogens (tertiary/aromatic N) is 1. The first-order valence-electron chi connectivity index (χ1n) is 4.55. The predicted octanol–water partition coefficient (Wildman–Crippen LogP) is 1.66. The molecule has 0 amide bonds. The monoisotopic (exact) mass is 237 g/mol. The van der Waals surface area contributed by atoms with E-state index in [9.17, 15) is 9.59 Å². The van der Waals surface area contributed by atoms with Crippen molar-refractivity contribution in [3.05, 3.63) is 56.3 Å². The second-order valence-corrected chi connectivity index (χ2v) is 3.72. The van der Waals surface area contributed by atoms with Crippen molar-refractivity contribution in [3.8, 4) is 11.3 Å². The van der Waals surface area contributed by atoms with Gasteiger partial charge in [-0.15, -0.1) is 0 Å². The third-order valence-electron chi connectivity index (χ3n) is 2.22. The fourth-order valence-corrected chi connectivity index (χ4v) is 1.51. The van der Waals surface area contributed by atoms with Gasteiger partial charge in [-0.25, -0.2) is 9.59 Å². The highest BCUT2D eigenvalue weighted by Crippen LogP contribution is 2.18. The lowest BCUT2D eigenvalue weighted by molar-refractivity contribution is 0.421. The Kier molecular flexibility index (Phi) is 2.66. The van der Waals surface area contributed by atoms with Crippen molar-refractivity contribution < 1.29 is 4.42 Å². The Morgan fingerprint density at radius 2 is 1.81 bits per heavy atom. The second kappa shape index (κ2) is 3.98. The van der Waals surface area contributed by atoms with Crippen LogP contribution < -0.4 is 11.4 Å². The van der Waals surface area contributed by atoms with E-state index in [0.717, 1.165) is 5.56 Å². The van der Waals surface area contributed by atoms with Gasteiger partial charge in [-0.3, -0.25) is 4.57 Å². The van der Waals surface area contributed by atoms with E-state index < -0.39 is 11.4 Å². The Balaban J connectivity index is 2.69. The fourth-order valence-electron chi connectivity index (χ4n) is 1.39. The third-order valence-corrected chi connectivity index (χ3v) is 2.47. The molecule has 82 valence electrons. The molecule has 0 saturated carbocycles. The molecule has 0 saturated heterocycles. The van der Waals surface area contributed by atoms with Crippen LogP contribution in [0, 0.1) is 0 Å². The maximum atomic E-state index is 11.3. The van der Waals surface area contributed by atoms with E-state index in [1.807, 2.05) is 0 Å². The zero-order chi connectivity index (χ0) is 11.7. The van der Waals surface area contributed by atoms with Crippen LogP contribution in [0.3, 0.4) is 0 Å². The van der Waals surface area contributed by atoms with Gasteiger partial charge in [0.15, 0.2) is 0 Å². The zero-order valence-corrected chi connectivity index (χ0v) is 9.19. The van der Waals surface area contributed by atoms with Crippen LogP contribution in [0.4, 0.5) is 0 Å². The molecule has 2 aromatic rings. The van der Waals surface area contributed by atoms with Crippen LogP contribution in [0.5, 0.6) is 0 Å². The molecule has 4 nitrogen and oxygen atoms in total. The van der Waals surface area contributed by atoms with Crippen LogP contribution in [-0.2, 0) is 7.05 Å². The molecule has 0 bridgehead atoms. The molecule has 0 aliphatic rings. The Morgan fingerprint density at radius 1 is 1.19 bits per heavy atom. The van der Waals surface area contributed by atoms with E-state index in [1.54, 1.807) is 24.3 Å². The third kappa shape index (κ3) is 1.92. The van der Waals surface area contributed by atoms with Gasteiger partial charge in [-0.2, -0.15) is 0 Å². The zero-order valence-electron chi connectivity index (χ0n) is 8.44. The SMILES string of the molecule is Cn1c(-c2ccc(Cl)cc2)cc(=O)oc1=O. The summed E-state index contributed by atoms with van der Waals surface area (Å²) >= 11 is 5.75. The smallest absolute Gasteiger partial charge is 0.373 e. The van der Waals surface area contributed by atoms with Gasteiger partial charge in [0.25, 0.3) is 0 Å². The molecule has 0 radical (unpaired) electrons. The van der Waals surface area contributed by atoms with Gasteiger partial charge in [-0.1, -0.05) is 23.7 Å². The van der Waals surface area contributed by atoms with Gasteiger partial charge in [0, 0.05) is 18.1 Å². The van der Waals surface area contributed by atoms with Crippen LogP contribution in [0.1, 0.15) is 0 Å². The molecule has 0 spiro atoms. The van der Waals surface area contributed by atoms with E-state index in [1.165, 1.54) is 17.7 Å². The van der Waals surface area contributed by atoms with Crippen molar-refractivity contribution in [2.24, 2.45) is 7.05 Å². The number of rotatable bonds is 1. The Bertz CT molecular complexity index is 625. The van der Waals surface area contributed by atoms with E-state index in [-0.39, 0.29) is 0 Å². The lowest BCUT2D eigenvalue weighted by Gasteiger charge is -2.05. The van der Waals surface area contributed by atoms with Crippen molar-refractivity contribution >= 4 is 11.6 Å². The summed E-state index contributed by atoms with van der Waals surface area (Å²) in [5, 5.41) is 0.594. The highest BCUT2D eigenvalue weighted by Gasteiger charge is 2.06. The van der Waals surface area contributed by atoms with Gasteiger partial charge in [0.05, 0.1) is 5.69 Å². The summed E-state index contributed by atoms with van der Waals surface area (Å²) in [4.78, 5) is 22.4. The number of aromatic nitrogens is 1. The quantitative estimate of drug-likeness (QED) is 0.758. The topological polar surface area (TPSA) is 52.2 Å². The maximum absolute atomic E-state index is 11.3. The van der Waals surface area contributed by atoms with Crippen LogP contribution >= 0.6 is 11.6 Å². The van der Waals surface area contributed by atoms with Gasteiger partial charge >= 0.3 is 11.4 Å². The van der Waals surface area contributed by atoms with Gasteiger partial charge < -0.3 is 4.42 Å². The molecule has 0 N–H and O–H groups in total. The summed E-state index contributed by atoms with van der Waals surface area (Å²) in [5.74, 6) is -0.683. The van der Waals surface area contributed by atoms with E-state index in [2.05, 4.69) is 4.42 Å². The maximum Gasteiger partial charge on any atom is 0.422 e. The first-order chi connectivity index (χ1) is 7.58. The normalized spacial score (nSPS) is 10.4. The largest absolute Gasteiger partial charge is 0.422 e. The molecule has 2 rings (SSSR count). The van der Waals surface area contributed by atoms with Crippen LogP contribution in [0.25, 0.3) is 11.3 Å². The van der Waals surface area contributed by atoms with E-state index in [4.69, 9.17) is 11.6 Å². The summed E-state index contributed by atoms with van der Waals surface area (Å²) < 4.78 is 5.69. The minimum Gasteiger partial charge on any atom is -0.373 e. The molecule has 1 aromatic carbocycles. The van der Waals surface area contributed by atoms with Crippen LogP contribution in [0.2, 0.25) is 5.02 Å². The Labute approximate surface area is 95.7 Å². The van der Waals surface area contributed by atoms with Crippen LogP contribution in [-0.4, -0.2) is 4.57 Å². The Morgan fingerprint density at radius 3 is 2.44 bits per heavy atom. The van der Waals surface area contributed by atoms with Crippen molar-refractivity contribution in [2.75, 3.05) is 0 Å². The minimum absolute atomic E-state index is 0.498. The molecule has 0 unspecified atom stereocenters. The average molecular weight is 238 g/mol. The molecule has 0 aliphatic carbocycles. The highest BCUT2D eigenvalue weighted by molar-refractivity contribution is 6.30. The predicted molar refractivity (Wildman–Crippen MR) is 60.7 cm³/mol. The van der Waals surface area contributed by atoms with Crippen molar-refractivity contribution in [2.45, 2.75) is 0 Å². The molecular formula is C11H8ClNO3. The summed E-state index contributed by atoms with van der Waals surface area (Å²) in [5.41, 5.74) is 0.572. The van der Waals surface area contributed by atoms with Crippen molar-refractivity contribution in [1.29, 1.82) is 0 Å². The lowest BCUT2D eigenvalue weighted by atomic mass is 10.1. The average Bonchev–Trinajstić information content (AvgIpc) is 2.25. The van der Waals surface area contributed by atoms with Crippen molar-refractivity contribution in [3.63, 3.8) is 0 Å². The summed E-state index contributed by atoms with van der Waals surface area (Å²) in [7, 11) is 1.54. The lowest BCUT2D eigenvalue weighted by Crippen LogP contribution is -2.22. The summed E-state index contributed by atoms with van der Waals surface area (Å²) in [6.45, 7) is 0. The van der Waals surface area contributed by atoms with Gasteiger partial charge in [0.2, 0.25) is 0 Å². The molecule has 0 fully saturated rings. The minimum atomic E-state index is -0.683. The molecular weight excluding hydrogens is 230 g/mol. The first kappa shape index (κ1) is 10.7. The van der Waals surface area contributed by atoms with Gasteiger partial charge in [0.1, 0.15) is 0 Å². The van der Waals surface area contributed by atoms with E-state index >= 15 is 0 Å². The number of hydrogen-bond donors (Lipinski definition) is 0. The standard InChI is InChI=1S/C11H8ClNO3/c1-13-9(6-10(14)16-11(13)15)7-2-4-8(12)5-3-7/h2-6H,1H3.